The lowest BCUT2D eigenvalue weighted by Crippen LogP contribution is -2.17. The maximum atomic E-state index is 10.7. The zero-order chi connectivity index (χ0) is 17.3. The molecule has 0 atom stereocenters. The molecule has 1 nitrogen and oxygen atoms in total. The fourth-order valence-electron chi connectivity index (χ4n) is 2.52. The molecule has 2 aromatic rings. The van der Waals surface area contributed by atoms with Crippen LogP contribution in [-0.2, 0) is 10.8 Å². The monoisotopic (exact) mass is 306 g/mol. The van der Waals surface area contributed by atoms with Crippen molar-refractivity contribution in [3.8, 4) is 17.6 Å². The minimum atomic E-state index is -0.130. The van der Waals surface area contributed by atoms with E-state index in [1.54, 1.807) is 0 Å². The molecule has 0 aromatic heterocycles. The highest BCUT2D eigenvalue weighted by molar-refractivity contribution is 5.54. The van der Waals surface area contributed by atoms with E-state index in [9.17, 15) is 5.11 Å². The summed E-state index contributed by atoms with van der Waals surface area (Å²) in [6, 6.07) is 14.0. The highest BCUT2D eigenvalue weighted by atomic mass is 16.3. The smallest absolute Gasteiger partial charge is 0.123 e. The molecule has 0 spiro atoms. The van der Waals surface area contributed by atoms with Gasteiger partial charge >= 0.3 is 0 Å². The molecule has 0 unspecified atom stereocenters. The van der Waals surface area contributed by atoms with Crippen LogP contribution in [0, 0.1) is 11.8 Å². The Morgan fingerprint density at radius 3 is 1.57 bits per heavy atom. The van der Waals surface area contributed by atoms with Crippen molar-refractivity contribution in [2.24, 2.45) is 0 Å². The molecule has 0 radical (unpaired) electrons. The Morgan fingerprint density at radius 2 is 1.13 bits per heavy atom. The molecule has 0 aliphatic rings. The van der Waals surface area contributed by atoms with Crippen molar-refractivity contribution in [3.63, 3.8) is 0 Å². The molecule has 0 aliphatic heterocycles. The summed E-state index contributed by atoms with van der Waals surface area (Å²) in [5.74, 6) is 6.86. The molecule has 0 aliphatic carbocycles. The number of phenolic OH excluding ortho intramolecular Hbond substituents is 1. The van der Waals surface area contributed by atoms with Crippen LogP contribution in [0.3, 0.4) is 0 Å². The largest absolute Gasteiger partial charge is 0.507 e. The van der Waals surface area contributed by atoms with Gasteiger partial charge in [-0.1, -0.05) is 71.6 Å². The molecule has 0 bridgehead atoms. The number of hydrogen-bond donors (Lipinski definition) is 1. The van der Waals surface area contributed by atoms with Gasteiger partial charge in [0.1, 0.15) is 5.75 Å². The van der Waals surface area contributed by atoms with Gasteiger partial charge in [0.25, 0.3) is 0 Å². The molecular weight excluding hydrogens is 280 g/mol. The topological polar surface area (TPSA) is 20.2 Å². The zero-order valence-corrected chi connectivity index (χ0v) is 15.0. The number of hydrogen-bond acceptors (Lipinski definition) is 1. The first kappa shape index (κ1) is 17.2. The van der Waals surface area contributed by atoms with Crippen molar-refractivity contribution in [1.29, 1.82) is 0 Å². The molecule has 1 N–H and O–H groups in total. The third-order valence-corrected chi connectivity index (χ3v) is 3.85. The Balaban J connectivity index is 2.60. The molecule has 0 saturated heterocycles. The highest BCUT2D eigenvalue weighted by Crippen LogP contribution is 2.39. The van der Waals surface area contributed by atoms with Crippen molar-refractivity contribution in [2.75, 3.05) is 0 Å². The van der Waals surface area contributed by atoms with Gasteiger partial charge in [-0.3, -0.25) is 0 Å². The maximum absolute atomic E-state index is 10.7. The molecule has 0 heterocycles. The summed E-state index contributed by atoms with van der Waals surface area (Å²) in [7, 11) is 0. The summed E-state index contributed by atoms with van der Waals surface area (Å²) in [6.07, 6.45) is 0. The van der Waals surface area contributed by atoms with Gasteiger partial charge in [-0.25, -0.2) is 0 Å². The minimum Gasteiger partial charge on any atom is -0.507 e. The Kier molecular flexibility index (Phi) is 4.57. The van der Waals surface area contributed by atoms with Crippen LogP contribution in [0.25, 0.3) is 0 Å². The summed E-state index contributed by atoms with van der Waals surface area (Å²) < 4.78 is 0. The Bertz CT molecular complexity index is 710. The molecule has 0 fully saturated rings. The van der Waals surface area contributed by atoms with Crippen LogP contribution < -0.4 is 0 Å². The summed E-state index contributed by atoms with van der Waals surface area (Å²) >= 11 is 0. The second-order valence-corrected chi connectivity index (χ2v) is 8.04. The second kappa shape index (κ2) is 6.13. The van der Waals surface area contributed by atoms with E-state index in [2.05, 4.69) is 53.4 Å². The molecule has 120 valence electrons. The first-order valence-electron chi connectivity index (χ1n) is 8.04. The van der Waals surface area contributed by atoms with E-state index in [-0.39, 0.29) is 10.8 Å². The SMILES string of the molecule is CC(C)(C)c1cc(C#Cc2ccccc2)cc(C(C)(C)C)c1O. The van der Waals surface area contributed by atoms with E-state index < -0.39 is 0 Å². The number of benzene rings is 2. The summed E-state index contributed by atoms with van der Waals surface area (Å²) in [5, 5.41) is 10.7. The van der Waals surface area contributed by atoms with Crippen LogP contribution in [0.15, 0.2) is 42.5 Å². The molecule has 0 saturated carbocycles. The van der Waals surface area contributed by atoms with Gasteiger partial charge in [-0.05, 0) is 35.1 Å². The van der Waals surface area contributed by atoms with Gasteiger partial charge in [0, 0.05) is 22.3 Å². The molecular formula is C22H26O. The van der Waals surface area contributed by atoms with Crippen LogP contribution in [-0.4, -0.2) is 5.11 Å². The van der Waals surface area contributed by atoms with Crippen LogP contribution in [0.4, 0.5) is 0 Å². The van der Waals surface area contributed by atoms with Gasteiger partial charge < -0.3 is 5.11 Å². The fourth-order valence-corrected chi connectivity index (χ4v) is 2.52. The van der Waals surface area contributed by atoms with E-state index in [0.29, 0.717) is 5.75 Å². The van der Waals surface area contributed by atoms with Crippen molar-refractivity contribution in [1.82, 2.24) is 0 Å². The van der Waals surface area contributed by atoms with Crippen molar-refractivity contribution in [3.05, 3.63) is 64.7 Å². The van der Waals surface area contributed by atoms with E-state index >= 15 is 0 Å². The zero-order valence-electron chi connectivity index (χ0n) is 15.0. The van der Waals surface area contributed by atoms with E-state index in [1.807, 2.05) is 42.5 Å². The Morgan fingerprint density at radius 1 is 0.696 bits per heavy atom. The molecule has 1 heteroatoms. The first-order valence-corrected chi connectivity index (χ1v) is 8.04. The Labute approximate surface area is 140 Å². The lowest BCUT2D eigenvalue weighted by atomic mass is 9.78. The standard InChI is InChI=1S/C22H26O/c1-21(2,3)18-14-17(13-12-16-10-8-7-9-11-16)15-19(20(18)23)22(4,5)6/h7-11,14-15,23H,1-6H3. The van der Waals surface area contributed by atoms with Gasteiger partial charge in [0.15, 0.2) is 0 Å². The van der Waals surface area contributed by atoms with Crippen LogP contribution in [0.2, 0.25) is 0 Å². The van der Waals surface area contributed by atoms with Crippen LogP contribution >= 0.6 is 0 Å². The predicted octanol–water partition coefficient (Wildman–Crippen LogP) is 5.39. The molecule has 0 amide bonds. The number of rotatable bonds is 0. The summed E-state index contributed by atoms with van der Waals surface area (Å²) in [5.41, 5.74) is 3.57. The average Bonchev–Trinajstić information content (AvgIpc) is 2.44. The number of aromatic hydroxyl groups is 1. The van der Waals surface area contributed by atoms with E-state index in [1.165, 1.54) is 0 Å². The van der Waals surface area contributed by atoms with E-state index in [0.717, 1.165) is 22.3 Å². The Hall–Kier alpha value is -2.20. The lowest BCUT2D eigenvalue weighted by molar-refractivity contribution is 0.423. The molecule has 23 heavy (non-hydrogen) atoms. The fraction of sp³-hybridized carbons (Fsp3) is 0.364. The van der Waals surface area contributed by atoms with Gasteiger partial charge in [0.2, 0.25) is 0 Å². The molecule has 2 rings (SSSR count). The third-order valence-electron chi connectivity index (χ3n) is 3.85. The van der Waals surface area contributed by atoms with Gasteiger partial charge in [-0.2, -0.15) is 0 Å². The normalized spacial score (nSPS) is 11.7. The van der Waals surface area contributed by atoms with E-state index in [4.69, 9.17) is 0 Å². The third kappa shape index (κ3) is 4.17. The van der Waals surface area contributed by atoms with Crippen molar-refractivity contribution < 1.29 is 5.11 Å². The maximum Gasteiger partial charge on any atom is 0.123 e. The minimum absolute atomic E-state index is 0.130. The highest BCUT2D eigenvalue weighted by Gasteiger charge is 2.26. The molecule has 2 aromatic carbocycles. The van der Waals surface area contributed by atoms with Gasteiger partial charge in [-0.15, -0.1) is 0 Å². The summed E-state index contributed by atoms with van der Waals surface area (Å²) in [4.78, 5) is 0. The van der Waals surface area contributed by atoms with Crippen molar-refractivity contribution >= 4 is 0 Å². The second-order valence-electron chi connectivity index (χ2n) is 8.04. The van der Waals surface area contributed by atoms with Crippen LogP contribution in [0.1, 0.15) is 63.8 Å². The number of phenols is 1. The first-order chi connectivity index (χ1) is 10.6. The predicted molar refractivity (Wildman–Crippen MR) is 97.9 cm³/mol. The van der Waals surface area contributed by atoms with Crippen molar-refractivity contribution in [2.45, 2.75) is 52.4 Å². The lowest BCUT2D eigenvalue weighted by Gasteiger charge is -2.27. The quantitative estimate of drug-likeness (QED) is 0.647. The average molecular weight is 306 g/mol. The summed E-state index contributed by atoms with van der Waals surface area (Å²) in [6.45, 7) is 12.7. The van der Waals surface area contributed by atoms with Crippen LogP contribution in [0.5, 0.6) is 5.75 Å². The van der Waals surface area contributed by atoms with Gasteiger partial charge in [0.05, 0.1) is 0 Å².